The van der Waals surface area contributed by atoms with E-state index in [2.05, 4.69) is 13.8 Å². The zero-order valence-corrected chi connectivity index (χ0v) is 17.5. The molecule has 0 saturated carbocycles. The van der Waals surface area contributed by atoms with Crippen LogP contribution in [0.4, 0.5) is 0 Å². The van der Waals surface area contributed by atoms with Crippen LogP contribution in [0.15, 0.2) is 41.3 Å². The molecule has 6 nitrogen and oxygen atoms in total. The standard InChI is InChI=1S/C23H31NO5/c1-14(10-11-25)21-15(2)12-16(3)22(29-21)19-20(26)18(13-24(28-4)23(19)27)17-8-6-5-7-9-17/h5-9,13-16,21-22,25-26H,10-12H2,1-4H3/t14-,15+,16-,21+,22-/m1/s1. The van der Waals surface area contributed by atoms with Crippen LogP contribution in [-0.4, -0.2) is 34.8 Å². The third kappa shape index (κ3) is 4.19. The second-order valence-electron chi connectivity index (χ2n) is 8.19. The maximum absolute atomic E-state index is 13.1. The van der Waals surface area contributed by atoms with Gasteiger partial charge in [0.25, 0.3) is 5.56 Å². The minimum absolute atomic E-state index is 0.0532. The van der Waals surface area contributed by atoms with Gasteiger partial charge < -0.3 is 19.8 Å². The van der Waals surface area contributed by atoms with E-state index >= 15 is 0 Å². The van der Waals surface area contributed by atoms with Gasteiger partial charge >= 0.3 is 0 Å². The van der Waals surface area contributed by atoms with E-state index in [1.54, 1.807) is 0 Å². The van der Waals surface area contributed by atoms with E-state index < -0.39 is 11.7 Å². The van der Waals surface area contributed by atoms with Crippen molar-refractivity contribution in [1.82, 2.24) is 4.73 Å². The fraction of sp³-hybridized carbons (Fsp3) is 0.522. The molecule has 5 atom stereocenters. The highest BCUT2D eigenvalue weighted by atomic mass is 16.6. The largest absolute Gasteiger partial charge is 0.507 e. The van der Waals surface area contributed by atoms with Crippen LogP contribution in [-0.2, 0) is 4.74 Å². The molecule has 2 heterocycles. The van der Waals surface area contributed by atoms with Crippen molar-refractivity contribution in [2.45, 2.75) is 45.8 Å². The lowest BCUT2D eigenvalue weighted by Gasteiger charge is -2.42. The molecule has 1 aromatic heterocycles. The van der Waals surface area contributed by atoms with E-state index in [0.717, 1.165) is 16.7 Å². The number of benzene rings is 1. The molecule has 0 bridgehead atoms. The van der Waals surface area contributed by atoms with E-state index in [1.165, 1.54) is 13.3 Å². The Labute approximate surface area is 171 Å². The molecule has 0 amide bonds. The summed E-state index contributed by atoms with van der Waals surface area (Å²) >= 11 is 0. The number of pyridine rings is 1. The van der Waals surface area contributed by atoms with Gasteiger partial charge in [0.2, 0.25) is 0 Å². The number of hydrogen-bond donors (Lipinski definition) is 2. The third-order valence-corrected chi connectivity index (χ3v) is 6.02. The Balaban J connectivity index is 2.10. The highest BCUT2D eigenvalue weighted by Crippen LogP contribution is 2.44. The van der Waals surface area contributed by atoms with Crippen LogP contribution in [0.25, 0.3) is 11.1 Å². The van der Waals surface area contributed by atoms with E-state index in [4.69, 9.17) is 9.57 Å². The highest BCUT2D eigenvalue weighted by molar-refractivity contribution is 5.70. The lowest BCUT2D eigenvalue weighted by atomic mass is 9.79. The molecule has 0 spiro atoms. The van der Waals surface area contributed by atoms with Gasteiger partial charge in [-0.1, -0.05) is 51.1 Å². The van der Waals surface area contributed by atoms with Crippen molar-refractivity contribution in [2.24, 2.45) is 17.8 Å². The van der Waals surface area contributed by atoms with Gasteiger partial charge in [0.05, 0.1) is 24.0 Å². The monoisotopic (exact) mass is 401 g/mol. The zero-order chi connectivity index (χ0) is 21.1. The summed E-state index contributed by atoms with van der Waals surface area (Å²) < 4.78 is 7.57. The van der Waals surface area contributed by atoms with Crippen molar-refractivity contribution >= 4 is 0 Å². The van der Waals surface area contributed by atoms with Gasteiger partial charge in [-0.3, -0.25) is 4.79 Å². The van der Waals surface area contributed by atoms with Gasteiger partial charge in [0, 0.05) is 12.2 Å². The number of ether oxygens (including phenoxy) is 1. The molecule has 0 aliphatic carbocycles. The Morgan fingerprint density at radius 2 is 1.93 bits per heavy atom. The minimum Gasteiger partial charge on any atom is -0.507 e. The summed E-state index contributed by atoms with van der Waals surface area (Å²) in [7, 11) is 1.43. The molecule has 0 radical (unpaired) electrons. The predicted molar refractivity (Wildman–Crippen MR) is 112 cm³/mol. The minimum atomic E-state index is -0.546. The number of aromatic nitrogens is 1. The van der Waals surface area contributed by atoms with Crippen LogP contribution < -0.4 is 10.4 Å². The molecule has 3 rings (SSSR count). The molecular weight excluding hydrogens is 370 g/mol. The lowest BCUT2D eigenvalue weighted by Crippen LogP contribution is -2.41. The molecule has 1 fully saturated rings. The van der Waals surface area contributed by atoms with Gasteiger partial charge in [0.1, 0.15) is 12.9 Å². The van der Waals surface area contributed by atoms with E-state index in [-0.39, 0.29) is 35.9 Å². The first-order valence-corrected chi connectivity index (χ1v) is 10.2. The van der Waals surface area contributed by atoms with E-state index in [1.807, 2.05) is 37.3 Å². The summed E-state index contributed by atoms with van der Waals surface area (Å²) in [5.74, 6) is 0.438. The number of nitrogens with zero attached hydrogens (tertiary/aromatic N) is 1. The maximum Gasteiger partial charge on any atom is 0.292 e. The van der Waals surface area contributed by atoms with Crippen molar-refractivity contribution in [2.75, 3.05) is 13.7 Å². The summed E-state index contributed by atoms with van der Waals surface area (Å²) in [5, 5.41) is 20.5. The molecule has 1 aliphatic heterocycles. The average Bonchev–Trinajstić information content (AvgIpc) is 2.70. The van der Waals surface area contributed by atoms with Gasteiger partial charge in [0.15, 0.2) is 0 Å². The molecule has 158 valence electrons. The molecular formula is C23H31NO5. The SMILES string of the molecule is COn1cc(-c2ccccc2)c(O)c([C@@H]2O[C@@H]([C@H](C)CCO)[C@@H](C)C[C@H]2C)c1=O. The Kier molecular flexibility index (Phi) is 6.65. The van der Waals surface area contributed by atoms with Crippen LogP contribution in [0, 0.1) is 17.8 Å². The topological polar surface area (TPSA) is 80.9 Å². The quantitative estimate of drug-likeness (QED) is 0.775. The molecule has 2 aromatic rings. The molecule has 1 saturated heterocycles. The van der Waals surface area contributed by atoms with Gasteiger partial charge in [-0.05, 0) is 36.2 Å². The van der Waals surface area contributed by atoms with Crippen LogP contribution in [0.2, 0.25) is 0 Å². The molecule has 0 unspecified atom stereocenters. The average molecular weight is 402 g/mol. The second-order valence-corrected chi connectivity index (χ2v) is 8.19. The fourth-order valence-corrected chi connectivity index (χ4v) is 4.52. The normalized spacial score (nSPS) is 25.6. The van der Waals surface area contributed by atoms with Crippen molar-refractivity contribution < 1.29 is 19.8 Å². The number of rotatable bonds is 6. The van der Waals surface area contributed by atoms with E-state index in [0.29, 0.717) is 17.9 Å². The third-order valence-electron chi connectivity index (χ3n) is 6.02. The predicted octanol–water partition coefficient (Wildman–Crippen LogP) is 3.40. The maximum atomic E-state index is 13.1. The summed E-state index contributed by atoms with van der Waals surface area (Å²) in [4.78, 5) is 18.4. The Morgan fingerprint density at radius 1 is 1.24 bits per heavy atom. The van der Waals surface area contributed by atoms with Crippen molar-refractivity contribution in [1.29, 1.82) is 0 Å². The van der Waals surface area contributed by atoms with Crippen molar-refractivity contribution in [3.8, 4) is 16.9 Å². The van der Waals surface area contributed by atoms with Crippen LogP contribution in [0.5, 0.6) is 5.75 Å². The number of hydrogen-bond acceptors (Lipinski definition) is 5. The molecule has 1 aliphatic rings. The highest BCUT2D eigenvalue weighted by Gasteiger charge is 2.40. The number of aliphatic hydroxyl groups excluding tert-OH is 1. The summed E-state index contributed by atoms with van der Waals surface area (Å²) in [6, 6.07) is 9.41. The van der Waals surface area contributed by atoms with Gasteiger partial charge in [-0.2, -0.15) is 4.73 Å². The second kappa shape index (κ2) is 9.01. The summed E-state index contributed by atoms with van der Waals surface area (Å²) in [6.07, 6.45) is 2.37. The van der Waals surface area contributed by atoms with Crippen LogP contribution >= 0.6 is 0 Å². The fourth-order valence-electron chi connectivity index (χ4n) is 4.52. The molecule has 29 heavy (non-hydrogen) atoms. The Hall–Kier alpha value is -2.31. The van der Waals surface area contributed by atoms with Crippen molar-refractivity contribution in [3.05, 3.63) is 52.4 Å². The van der Waals surface area contributed by atoms with Gasteiger partial charge in [-0.25, -0.2) is 0 Å². The lowest BCUT2D eigenvalue weighted by molar-refractivity contribution is -0.134. The molecule has 2 N–H and O–H groups in total. The Morgan fingerprint density at radius 3 is 2.55 bits per heavy atom. The Bertz CT molecular complexity index is 875. The summed E-state index contributed by atoms with van der Waals surface area (Å²) in [5.41, 5.74) is 1.13. The van der Waals surface area contributed by atoms with Crippen LogP contribution in [0.3, 0.4) is 0 Å². The number of aromatic hydroxyl groups is 1. The van der Waals surface area contributed by atoms with Gasteiger partial charge in [-0.15, -0.1) is 0 Å². The first-order valence-electron chi connectivity index (χ1n) is 10.2. The van der Waals surface area contributed by atoms with Crippen molar-refractivity contribution in [3.63, 3.8) is 0 Å². The molecule has 1 aromatic carbocycles. The van der Waals surface area contributed by atoms with Crippen LogP contribution in [0.1, 0.15) is 45.3 Å². The number of aliphatic hydroxyl groups is 1. The first kappa shape index (κ1) is 21.4. The molecule has 6 heteroatoms. The van der Waals surface area contributed by atoms with E-state index in [9.17, 15) is 15.0 Å². The smallest absolute Gasteiger partial charge is 0.292 e. The summed E-state index contributed by atoms with van der Waals surface area (Å²) in [6.45, 7) is 6.33. The first-order chi connectivity index (χ1) is 13.9. The zero-order valence-electron chi connectivity index (χ0n) is 17.5.